The van der Waals surface area contributed by atoms with Gasteiger partial charge < -0.3 is 23.2 Å². The van der Waals surface area contributed by atoms with Crippen LogP contribution in [0.15, 0.2) is 115 Å². The number of ether oxygens (including phenoxy) is 1. The Labute approximate surface area is 369 Å². The number of benzene rings is 7. The van der Waals surface area contributed by atoms with Gasteiger partial charge in [-0.3, -0.25) is 0 Å². The Hall–Kier alpha value is -5.02. The quantitative estimate of drug-likeness (QED) is 0.130. The Balaban J connectivity index is 0.00000420. The Morgan fingerprint density at radius 3 is 1.80 bits per heavy atom. The zero-order valence-electron chi connectivity index (χ0n) is 34.7. The van der Waals surface area contributed by atoms with Gasteiger partial charge in [-0.1, -0.05) is 61.4 Å². The molecule has 5 nitrogen and oxygen atoms in total. The van der Waals surface area contributed by atoms with Gasteiger partial charge in [-0.15, -0.1) is 11.5 Å². The van der Waals surface area contributed by atoms with Gasteiger partial charge in [0.2, 0.25) is 0 Å². The smallest absolute Gasteiger partial charge is 0.453 e. The SMILES string of the molecule is Cc1c[c-]c(-n2c3[c-]cc(C)cc3c3cc(-c4cc(B5OC(C)(C)C(C)(C)O5)cc(-c5ccc6c(c5)c5cc(C)cc7c5n6-c5ccc(C)cc5O7)c4)ccc32)cc1.[U+2]. The molecule has 9 aromatic rings. The number of rotatable bonds is 4. The molecule has 286 valence electrons. The normalized spacial score (nSPS) is 15.2. The van der Waals surface area contributed by atoms with Crippen LogP contribution in [0.5, 0.6) is 11.5 Å². The van der Waals surface area contributed by atoms with E-state index in [1.165, 1.54) is 38.2 Å². The summed E-state index contributed by atoms with van der Waals surface area (Å²) in [5.74, 6) is 1.77. The maximum atomic E-state index is 6.70. The van der Waals surface area contributed by atoms with Gasteiger partial charge in [-0.2, -0.15) is 47.5 Å². The van der Waals surface area contributed by atoms with E-state index in [1.54, 1.807) is 0 Å². The number of hydrogen-bond donors (Lipinski definition) is 0. The second-order valence-electron chi connectivity index (χ2n) is 17.5. The molecule has 1 fully saturated rings. The zero-order chi connectivity index (χ0) is 39.8. The van der Waals surface area contributed by atoms with Gasteiger partial charge in [0.1, 0.15) is 0 Å². The van der Waals surface area contributed by atoms with Gasteiger partial charge >= 0.3 is 38.2 Å². The second kappa shape index (κ2) is 13.5. The summed E-state index contributed by atoms with van der Waals surface area (Å²) < 4.78 is 24.6. The molecule has 4 heterocycles. The summed E-state index contributed by atoms with van der Waals surface area (Å²) in [5, 5.41) is 4.71. The molecule has 59 heavy (non-hydrogen) atoms. The van der Waals surface area contributed by atoms with Gasteiger partial charge in [0.05, 0.1) is 27.9 Å². The third-order valence-electron chi connectivity index (χ3n) is 12.7. The fourth-order valence-electron chi connectivity index (χ4n) is 8.98. The summed E-state index contributed by atoms with van der Waals surface area (Å²) in [6, 6.07) is 49.2. The molecule has 7 aromatic carbocycles. The fraction of sp³-hybridized carbons (Fsp3) is 0.192. The third-order valence-corrected chi connectivity index (χ3v) is 12.7. The fourth-order valence-corrected chi connectivity index (χ4v) is 8.98. The van der Waals surface area contributed by atoms with Gasteiger partial charge in [-0.05, 0) is 134 Å². The molecule has 0 amide bonds. The van der Waals surface area contributed by atoms with Crippen molar-refractivity contribution in [2.45, 2.75) is 66.6 Å². The van der Waals surface area contributed by atoms with E-state index >= 15 is 0 Å². The van der Waals surface area contributed by atoms with Crippen molar-refractivity contribution in [3.8, 4) is 45.1 Å². The van der Waals surface area contributed by atoms with Crippen molar-refractivity contribution < 1.29 is 45.2 Å². The van der Waals surface area contributed by atoms with Crippen molar-refractivity contribution in [1.29, 1.82) is 0 Å². The number of aryl methyl sites for hydroxylation is 4. The molecule has 2 aromatic heterocycles. The zero-order valence-corrected chi connectivity index (χ0v) is 38.8. The van der Waals surface area contributed by atoms with Crippen LogP contribution in [0.1, 0.15) is 49.9 Å². The van der Waals surface area contributed by atoms with Crippen LogP contribution < -0.4 is 10.2 Å². The van der Waals surface area contributed by atoms with Crippen molar-refractivity contribution in [2.75, 3.05) is 0 Å². The molecule has 0 radical (unpaired) electrons. The average molecular weight is 993 g/mol. The summed E-state index contributed by atoms with van der Waals surface area (Å²) >= 11 is 0. The van der Waals surface area contributed by atoms with E-state index in [0.29, 0.717) is 0 Å². The molecule has 0 aliphatic carbocycles. The second-order valence-corrected chi connectivity index (χ2v) is 17.5. The Kier molecular flexibility index (Phi) is 8.74. The maximum absolute atomic E-state index is 6.70. The first-order valence-corrected chi connectivity index (χ1v) is 20.2. The van der Waals surface area contributed by atoms with Crippen molar-refractivity contribution in [2.24, 2.45) is 0 Å². The van der Waals surface area contributed by atoms with E-state index in [9.17, 15) is 0 Å². The number of fused-ring (bicyclic) bond motifs is 8. The summed E-state index contributed by atoms with van der Waals surface area (Å²) in [6.07, 6.45) is 0. The van der Waals surface area contributed by atoms with Gasteiger partial charge in [-0.25, -0.2) is 0 Å². The minimum atomic E-state index is -0.522. The first-order chi connectivity index (χ1) is 27.8. The molecule has 2 aliphatic rings. The summed E-state index contributed by atoms with van der Waals surface area (Å²) in [7, 11) is -0.522. The molecular formula is C52H43BN2O3U. The van der Waals surface area contributed by atoms with E-state index in [4.69, 9.17) is 14.0 Å². The molecule has 1 saturated heterocycles. The predicted octanol–water partition coefficient (Wildman–Crippen LogP) is 12.5. The minimum Gasteiger partial charge on any atom is -0.453 e. The predicted molar refractivity (Wildman–Crippen MR) is 238 cm³/mol. The van der Waals surface area contributed by atoms with Crippen LogP contribution in [0.3, 0.4) is 0 Å². The first kappa shape index (κ1) is 38.2. The molecule has 0 spiro atoms. The van der Waals surface area contributed by atoms with Gasteiger partial charge in [0.25, 0.3) is 0 Å². The van der Waals surface area contributed by atoms with E-state index in [0.717, 1.165) is 78.2 Å². The number of nitrogens with zero attached hydrogens (tertiary/aromatic N) is 2. The summed E-state index contributed by atoms with van der Waals surface area (Å²) in [4.78, 5) is 0. The average Bonchev–Trinajstić information content (AvgIpc) is 3.77. The molecule has 0 N–H and O–H groups in total. The van der Waals surface area contributed by atoms with E-state index < -0.39 is 18.3 Å². The van der Waals surface area contributed by atoms with Crippen molar-refractivity contribution in [3.63, 3.8) is 0 Å². The summed E-state index contributed by atoms with van der Waals surface area (Å²) in [5.41, 5.74) is 15.7. The monoisotopic (exact) mass is 992 g/mol. The van der Waals surface area contributed by atoms with Gasteiger partial charge in [0, 0.05) is 16.3 Å². The van der Waals surface area contributed by atoms with E-state index in [-0.39, 0.29) is 31.1 Å². The van der Waals surface area contributed by atoms with Crippen molar-refractivity contribution >= 4 is 56.2 Å². The largest absolute Gasteiger partial charge is 2.00 e. The molecule has 0 saturated carbocycles. The molecule has 7 heteroatoms. The summed E-state index contributed by atoms with van der Waals surface area (Å²) in [6.45, 7) is 16.9. The number of hydrogen-bond acceptors (Lipinski definition) is 3. The van der Waals surface area contributed by atoms with Crippen LogP contribution >= 0.6 is 0 Å². The van der Waals surface area contributed by atoms with E-state index in [2.05, 4.69) is 192 Å². The standard InChI is InChI=1S/C52H43BN2O3.U/c1-30-9-15-39(16-10-30)54-44-17-11-31(2)21-40(44)41-28-34(13-19-45(41)54)36-25-37(27-38(26-36)53-57-51(5,6)52(7,8)58-53)35-14-20-46-42(29-35)43-22-33(4)24-49-50(43)55(46)47-18-12-32(3)23-48(47)56-49;/h9-15,18-29H,1-8H3;/q-2;+2. The number of aromatic nitrogens is 2. The van der Waals surface area contributed by atoms with Crippen LogP contribution in [0.4, 0.5) is 0 Å². The van der Waals surface area contributed by atoms with Crippen LogP contribution in [-0.4, -0.2) is 27.5 Å². The van der Waals surface area contributed by atoms with Crippen LogP contribution in [-0.2, 0) is 9.31 Å². The molecule has 0 atom stereocenters. The van der Waals surface area contributed by atoms with Gasteiger partial charge in [0.15, 0.2) is 11.5 Å². The molecule has 0 bridgehead atoms. The Morgan fingerprint density at radius 2 is 1.12 bits per heavy atom. The van der Waals surface area contributed by atoms with Crippen LogP contribution in [0.2, 0.25) is 0 Å². The molecule has 0 unspecified atom stereocenters. The molecular weight excluding hydrogens is 949 g/mol. The molecule has 11 rings (SSSR count). The van der Waals surface area contributed by atoms with Crippen LogP contribution in [0, 0.1) is 70.9 Å². The van der Waals surface area contributed by atoms with Crippen LogP contribution in [0.25, 0.3) is 77.2 Å². The Bertz CT molecular complexity index is 3190. The van der Waals surface area contributed by atoms with Crippen molar-refractivity contribution in [3.05, 3.63) is 150 Å². The van der Waals surface area contributed by atoms with E-state index in [1.807, 2.05) is 0 Å². The minimum absolute atomic E-state index is 0. The first-order valence-electron chi connectivity index (χ1n) is 20.2. The Morgan fingerprint density at radius 1 is 0.508 bits per heavy atom. The topological polar surface area (TPSA) is 37.5 Å². The van der Waals surface area contributed by atoms with Crippen molar-refractivity contribution in [1.82, 2.24) is 9.13 Å². The maximum Gasteiger partial charge on any atom is 2.00 e. The molecule has 2 aliphatic heterocycles. The third kappa shape index (κ3) is 5.96.